The highest BCUT2D eigenvalue weighted by atomic mass is 16.5. The minimum Gasteiger partial charge on any atom is -0.550 e. The molecular formula is C14H12NO5-. The van der Waals surface area contributed by atoms with Crippen molar-refractivity contribution in [3.05, 3.63) is 36.3 Å². The Labute approximate surface area is 114 Å². The van der Waals surface area contributed by atoms with Crippen LogP contribution in [0.15, 0.2) is 35.0 Å². The Bertz CT molecular complexity index is 607. The Morgan fingerprint density at radius 1 is 1.55 bits per heavy atom. The summed E-state index contributed by atoms with van der Waals surface area (Å²) in [5, 5.41) is 11.3. The van der Waals surface area contributed by atoms with Crippen molar-refractivity contribution < 1.29 is 23.8 Å². The molecule has 0 radical (unpaired) electrons. The van der Waals surface area contributed by atoms with Crippen molar-refractivity contribution in [3.63, 3.8) is 0 Å². The van der Waals surface area contributed by atoms with E-state index in [1.54, 1.807) is 29.4 Å². The quantitative estimate of drug-likeness (QED) is 0.681. The highest BCUT2D eigenvalue weighted by Gasteiger charge is 2.65. The Balaban J connectivity index is 1.65. The maximum Gasteiger partial charge on any atom is 0.230 e. The molecule has 6 heteroatoms. The van der Waals surface area contributed by atoms with Gasteiger partial charge < -0.3 is 24.0 Å². The van der Waals surface area contributed by atoms with Crippen LogP contribution in [0.2, 0.25) is 0 Å². The monoisotopic (exact) mass is 274 g/mol. The van der Waals surface area contributed by atoms with Gasteiger partial charge in [0, 0.05) is 11.9 Å². The number of hydrogen-bond donors (Lipinski definition) is 0. The number of ether oxygens (including phenoxy) is 1. The van der Waals surface area contributed by atoms with Gasteiger partial charge in [0.25, 0.3) is 0 Å². The van der Waals surface area contributed by atoms with Crippen LogP contribution >= 0.6 is 0 Å². The van der Waals surface area contributed by atoms with Crippen LogP contribution in [0.3, 0.4) is 0 Å². The first-order valence-electron chi connectivity index (χ1n) is 6.50. The SMILES string of the molecule is O=C([O-])[C@H]1[C@@H]2C=C[C@]3(CN(Cc4ccco4)C(=O)[C@@H]13)O2. The molecule has 20 heavy (non-hydrogen) atoms. The third kappa shape index (κ3) is 1.37. The van der Waals surface area contributed by atoms with Gasteiger partial charge >= 0.3 is 0 Å². The van der Waals surface area contributed by atoms with E-state index in [9.17, 15) is 14.7 Å². The number of rotatable bonds is 3. The molecule has 2 saturated heterocycles. The molecule has 1 spiro atoms. The molecule has 4 rings (SSSR count). The number of likely N-dealkylation sites (tertiary alicyclic amines) is 1. The van der Waals surface area contributed by atoms with Crippen molar-refractivity contribution in [3.8, 4) is 0 Å². The van der Waals surface area contributed by atoms with Gasteiger partial charge in [0.05, 0.1) is 31.4 Å². The highest BCUT2D eigenvalue weighted by molar-refractivity contribution is 5.90. The number of aliphatic carboxylic acids is 1. The molecule has 4 heterocycles. The zero-order valence-corrected chi connectivity index (χ0v) is 10.5. The van der Waals surface area contributed by atoms with E-state index < -0.39 is 29.5 Å². The van der Waals surface area contributed by atoms with Crippen LogP contribution < -0.4 is 5.11 Å². The van der Waals surface area contributed by atoms with Crippen molar-refractivity contribution in [2.75, 3.05) is 6.54 Å². The lowest BCUT2D eigenvalue weighted by Crippen LogP contribution is -2.45. The fourth-order valence-electron chi connectivity index (χ4n) is 3.57. The van der Waals surface area contributed by atoms with Gasteiger partial charge in [-0.25, -0.2) is 0 Å². The predicted molar refractivity (Wildman–Crippen MR) is 62.9 cm³/mol. The number of hydrogen-bond acceptors (Lipinski definition) is 5. The number of fused-ring (bicyclic) bond motifs is 1. The number of carboxylic acids is 1. The summed E-state index contributed by atoms with van der Waals surface area (Å²) in [4.78, 5) is 25.4. The second kappa shape index (κ2) is 3.73. The van der Waals surface area contributed by atoms with Crippen LogP contribution in [0.1, 0.15) is 5.76 Å². The topological polar surface area (TPSA) is 82.8 Å². The largest absolute Gasteiger partial charge is 0.550 e. The first-order valence-corrected chi connectivity index (χ1v) is 6.50. The summed E-state index contributed by atoms with van der Waals surface area (Å²) in [6.07, 6.45) is 4.54. The maximum absolute atomic E-state index is 12.5. The summed E-state index contributed by atoms with van der Waals surface area (Å²) in [6, 6.07) is 3.53. The van der Waals surface area contributed by atoms with Crippen LogP contribution in [0.4, 0.5) is 0 Å². The summed E-state index contributed by atoms with van der Waals surface area (Å²) < 4.78 is 11.0. The predicted octanol–water partition coefficient (Wildman–Crippen LogP) is -0.689. The van der Waals surface area contributed by atoms with Crippen molar-refractivity contribution in [1.82, 2.24) is 4.90 Å². The fraction of sp³-hybridized carbons (Fsp3) is 0.429. The molecule has 2 fully saturated rings. The van der Waals surface area contributed by atoms with Gasteiger partial charge in [-0.1, -0.05) is 12.2 Å². The Hall–Kier alpha value is -2.08. The van der Waals surface area contributed by atoms with Crippen LogP contribution in [0, 0.1) is 11.8 Å². The molecule has 3 aliphatic rings. The number of amides is 1. The van der Waals surface area contributed by atoms with E-state index in [4.69, 9.17) is 9.15 Å². The van der Waals surface area contributed by atoms with E-state index in [0.717, 1.165) is 0 Å². The minimum atomic E-state index is -1.22. The average Bonchev–Trinajstić information content (AvgIpc) is 3.12. The van der Waals surface area contributed by atoms with E-state index in [0.29, 0.717) is 18.8 Å². The Kier molecular flexibility index (Phi) is 2.18. The second-order valence-corrected chi connectivity index (χ2v) is 5.49. The molecule has 1 aromatic heterocycles. The third-order valence-electron chi connectivity index (χ3n) is 4.38. The van der Waals surface area contributed by atoms with Gasteiger partial charge in [0.2, 0.25) is 5.91 Å². The van der Waals surface area contributed by atoms with E-state index in [1.165, 1.54) is 0 Å². The van der Waals surface area contributed by atoms with E-state index in [1.807, 2.05) is 6.08 Å². The van der Waals surface area contributed by atoms with Gasteiger partial charge in [-0.15, -0.1) is 0 Å². The lowest BCUT2D eigenvalue weighted by molar-refractivity contribution is -0.313. The van der Waals surface area contributed by atoms with E-state index >= 15 is 0 Å². The average molecular weight is 274 g/mol. The van der Waals surface area contributed by atoms with Crippen LogP contribution in [-0.4, -0.2) is 35.0 Å². The molecule has 104 valence electrons. The molecular weight excluding hydrogens is 262 g/mol. The first kappa shape index (κ1) is 11.7. The third-order valence-corrected chi connectivity index (χ3v) is 4.38. The van der Waals surface area contributed by atoms with Crippen molar-refractivity contribution in [1.29, 1.82) is 0 Å². The first-order chi connectivity index (χ1) is 9.61. The summed E-state index contributed by atoms with van der Waals surface area (Å²) in [5.74, 6) is -2.34. The molecule has 1 amide bonds. The summed E-state index contributed by atoms with van der Waals surface area (Å²) in [5.41, 5.74) is -0.806. The van der Waals surface area contributed by atoms with E-state index in [-0.39, 0.29) is 5.91 Å². The van der Waals surface area contributed by atoms with Crippen LogP contribution in [0.5, 0.6) is 0 Å². The number of nitrogens with zero attached hydrogens (tertiary/aromatic N) is 1. The normalized spacial score (nSPS) is 37.7. The molecule has 2 bridgehead atoms. The lowest BCUT2D eigenvalue weighted by atomic mass is 9.77. The molecule has 6 nitrogen and oxygen atoms in total. The standard InChI is InChI=1S/C14H13NO5/c16-12-11-10(13(17)18)9-3-4-14(11,20-9)7-15(12)6-8-2-1-5-19-8/h1-5,9-11H,6-7H2,(H,17,18)/p-1/t9-,10-,11+,14+/m0/s1. The van der Waals surface area contributed by atoms with Gasteiger partial charge in [-0.3, -0.25) is 4.79 Å². The minimum absolute atomic E-state index is 0.206. The van der Waals surface area contributed by atoms with Crippen LogP contribution in [-0.2, 0) is 20.9 Å². The smallest absolute Gasteiger partial charge is 0.230 e. The number of carbonyl (C=O) groups excluding carboxylic acids is 2. The summed E-state index contributed by atoms with van der Waals surface area (Å²) in [7, 11) is 0. The highest BCUT2D eigenvalue weighted by Crippen LogP contribution is 2.51. The molecule has 0 aromatic carbocycles. The Morgan fingerprint density at radius 3 is 3.10 bits per heavy atom. The zero-order valence-electron chi connectivity index (χ0n) is 10.5. The molecule has 0 aliphatic carbocycles. The van der Waals surface area contributed by atoms with Crippen LogP contribution in [0.25, 0.3) is 0 Å². The zero-order chi connectivity index (χ0) is 13.9. The molecule has 3 aliphatic heterocycles. The second-order valence-electron chi connectivity index (χ2n) is 5.49. The summed E-state index contributed by atoms with van der Waals surface area (Å²) >= 11 is 0. The van der Waals surface area contributed by atoms with Crippen molar-refractivity contribution in [2.45, 2.75) is 18.2 Å². The van der Waals surface area contributed by atoms with Gasteiger partial charge in [-0.05, 0) is 12.1 Å². The maximum atomic E-state index is 12.5. The Morgan fingerprint density at radius 2 is 2.40 bits per heavy atom. The lowest BCUT2D eigenvalue weighted by Gasteiger charge is -2.24. The van der Waals surface area contributed by atoms with Gasteiger partial charge in [0.15, 0.2) is 0 Å². The van der Waals surface area contributed by atoms with E-state index in [2.05, 4.69) is 0 Å². The molecule has 0 N–H and O–H groups in total. The fourth-order valence-corrected chi connectivity index (χ4v) is 3.57. The molecule has 0 unspecified atom stereocenters. The summed E-state index contributed by atoms with van der Waals surface area (Å²) in [6.45, 7) is 0.680. The van der Waals surface area contributed by atoms with Crippen molar-refractivity contribution in [2.24, 2.45) is 11.8 Å². The molecule has 0 saturated carbocycles. The number of carbonyl (C=O) groups is 2. The van der Waals surface area contributed by atoms with Gasteiger partial charge in [-0.2, -0.15) is 0 Å². The number of furan rings is 1. The molecule has 4 atom stereocenters. The number of carboxylic acid groups (broad SMARTS) is 1. The van der Waals surface area contributed by atoms with Gasteiger partial charge in [0.1, 0.15) is 11.4 Å². The molecule has 1 aromatic rings. The van der Waals surface area contributed by atoms with Crippen molar-refractivity contribution >= 4 is 11.9 Å².